The molecule has 0 radical (unpaired) electrons. The minimum atomic E-state index is -3.96. The highest BCUT2D eigenvalue weighted by Crippen LogP contribution is 2.20. The van der Waals surface area contributed by atoms with Crippen molar-refractivity contribution >= 4 is 33.5 Å². The molecular formula is C18H19ClN2O5S. The van der Waals surface area contributed by atoms with Crippen LogP contribution in [0.1, 0.15) is 5.56 Å². The van der Waals surface area contributed by atoms with Gasteiger partial charge in [0.05, 0.1) is 18.6 Å². The summed E-state index contributed by atoms with van der Waals surface area (Å²) in [5, 5.41) is 2.74. The molecule has 0 unspecified atom stereocenters. The van der Waals surface area contributed by atoms with Crippen molar-refractivity contribution in [2.24, 2.45) is 0 Å². The van der Waals surface area contributed by atoms with E-state index in [1.54, 1.807) is 24.3 Å². The van der Waals surface area contributed by atoms with Gasteiger partial charge in [0, 0.05) is 11.6 Å². The van der Waals surface area contributed by atoms with Gasteiger partial charge >= 0.3 is 5.97 Å². The van der Waals surface area contributed by atoms with Crippen molar-refractivity contribution < 1.29 is 22.7 Å². The van der Waals surface area contributed by atoms with Crippen LogP contribution in [0.15, 0.2) is 59.5 Å². The Morgan fingerprint density at radius 3 is 2.30 bits per heavy atom. The Bertz CT molecular complexity index is 886. The lowest BCUT2D eigenvalue weighted by Gasteiger charge is -2.22. The molecule has 0 aromatic heterocycles. The van der Waals surface area contributed by atoms with Crippen molar-refractivity contribution in [3.8, 4) is 0 Å². The second-order valence-electron chi connectivity index (χ2n) is 5.57. The van der Waals surface area contributed by atoms with Crippen molar-refractivity contribution in [1.29, 1.82) is 0 Å². The summed E-state index contributed by atoms with van der Waals surface area (Å²) >= 11 is 5.82. The molecule has 0 spiro atoms. The van der Waals surface area contributed by atoms with E-state index in [0.29, 0.717) is 5.02 Å². The second kappa shape index (κ2) is 9.50. The van der Waals surface area contributed by atoms with Crippen LogP contribution in [0.25, 0.3) is 0 Å². The summed E-state index contributed by atoms with van der Waals surface area (Å²) in [6, 6.07) is 14.6. The van der Waals surface area contributed by atoms with Crippen LogP contribution >= 0.6 is 11.6 Å². The average Bonchev–Trinajstić information content (AvgIpc) is 2.66. The number of nitrogens with zero attached hydrogens (tertiary/aromatic N) is 1. The van der Waals surface area contributed by atoms with Crippen LogP contribution in [-0.4, -0.2) is 44.8 Å². The number of ether oxygens (including phenoxy) is 1. The fourth-order valence-corrected chi connectivity index (χ4v) is 3.74. The summed E-state index contributed by atoms with van der Waals surface area (Å²) < 4.78 is 31.5. The van der Waals surface area contributed by atoms with Gasteiger partial charge in [-0.15, -0.1) is 0 Å². The van der Waals surface area contributed by atoms with E-state index in [0.717, 1.165) is 9.87 Å². The van der Waals surface area contributed by atoms with E-state index in [4.69, 9.17) is 11.6 Å². The van der Waals surface area contributed by atoms with Gasteiger partial charge in [0.15, 0.2) is 0 Å². The topological polar surface area (TPSA) is 92.8 Å². The van der Waals surface area contributed by atoms with E-state index in [2.05, 4.69) is 10.1 Å². The molecule has 0 aliphatic carbocycles. The largest absolute Gasteiger partial charge is 0.468 e. The number of hydrogen-bond donors (Lipinski definition) is 1. The fraction of sp³-hybridized carbons (Fsp3) is 0.222. The zero-order valence-corrected chi connectivity index (χ0v) is 16.2. The monoisotopic (exact) mass is 410 g/mol. The number of esters is 1. The lowest BCUT2D eigenvalue weighted by atomic mass is 10.2. The molecule has 144 valence electrons. The van der Waals surface area contributed by atoms with Crippen LogP contribution < -0.4 is 5.32 Å². The maximum Gasteiger partial charge on any atom is 0.325 e. The van der Waals surface area contributed by atoms with Crippen molar-refractivity contribution in [2.45, 2.75) is 11.4 Å². The molecule has 7 nitrogen and oxygen atoms in total. The van der Waals surface area contributed by atoms with Crippen LogP contribution in [0.2, 0.25) is 5.02 Å². The number of amides is 1. The molecule has 9 heteroatoms. The summed E-state index contributed by atoms with van der Waals surface area (Å²) in [6.07, 6.45) is 0. The summed E-state index contributed by atoms with van der Waals surface area (Å²) in [7, 11) is -2.76. The van der Waals surface area contributed by atoms with Crippen LogP contribution in [-0.2, 0) is 30.9 Å². The van der Waals surface area contributed by atoms with Gasteiger partial charge in [-0.25, -0.2) is 8.42 Å². The van der Waals surface area contributed by atoms with Crippen molar-refractivity contribution in [3.05, 3.63) is 65.2 Å². The normalized spacial score (nSPS) is 11.2. The molecule has 2 aromatic rings. The molecule has 0 fully saturated rings. The number of halogens is 1. The summed E-state index contributed by atoms with van der Waals surface area (Å²) in [6.45, 7) is -0.788. The van der Waals surface area contributed by atoms with Crippen LogP contribution in [0.5, 0.6) is 0 Å². The molecule has 1 N–H and O–H groups in total. The van der Waals surface area contributed by atoms with E-state index in [1.807, 2.05) is 6.07 Å². The van der Waals surface area contributed by atoms with Gasteiger partial charge in [0.2, 0.25) is 15.9 Å². The Hall–Kier alpha value is -2.42. The first-order chi connectivity index (χ1) is 12.8. The molecule has 0 heterocycles. The third-order valence-electron chi connectivity index (χ3n) is 3.63. The molecule has 0 atom stereocenters. The Morgan fingerprint density at radius 1 is 1.07 bits per heavy atom. The molecule has 2 aromatic carbocycles. The molecule has 2 rings (SSSR count). The number of rotatable bonds is 8. The standard InChI is InChI=1S/C18H19ClN2O5S/c1-26-18(23)11-20-17(22)13-21(12-14-5-3-2-4-6-14)27(24,25)16-9-7-15(19)8-10-16/h2-10H,11-13H2,1H3,(H,20,22). The summed E-state index contributed by atoms with van der Waals surface area (Å²) in [5.41, 5.74) is 0.718. The van der Waals surface area contributed by atoms with Crippen molar-refractivity contribution in [2.75, 3.05) is 20.2 Å². The first-order valence-corrected chi connectivity index (χ1v) is 9.78. The van der Waals surface area contributed by atoms with Gasteiger partial charge in [0.25, 0.3) is 0 Å². The molecule has 0 aliphatic heterocycles. The first-order valence-electron chi connectivity index (χ1n) is 7.96. The van der Waals surface area contributed by atoms with Gasteiger partial charge in [-0.05, 0) is 29.8 Å². The minimum absolute atomic E-state index is 0.00254. The molecule has 0 saturated heterocycles. The number of methoxy groups -OCH3 is 1. The van der Waals surface area contributed by atoms with Gasteiger partial charge < -0.3 is 10.1 Å². The third-order valence-corrected chi connectivity index (χ3v) is 5.69. The second-order valence-corrected chi connectivity index (χ2v) is 7.94. The number of nitrogens with one attached hydrogen (secondary N) is 1. The van der Waals surface area contributed by atoms with Crippen molar-refractivity contribution in [3.63, 3.8) is 0 Å². The number of carbonyl (C=O) groups excluding carboxylic acids is 2. The lowest BCUT2D eigenvalue weighted by molar-refractivity contribution is -0.141. The average molecular weight is 411 g/mol. The predicted octanol–water partition coefficient (Wildman–Crippen LogP) is 1.82. The van der Waals surface area contributed by atoms with E-state index in [-0.39, 0.29) is 18.0 Å². The smallest absolute Gasteiger partial charge is 0.325 e. The Labute approximate surface area is 162 Å². The van der Waals surface area contributed by atoms with Gasteiger partial charge in [-0.3, -0.25) is 9.59 Å². The van der Waals surface area contributed by atoms with E-state index < -0.39 is 28.4 Å². The van der Waals surface area contributed by atoms with E-state index in [1.165, 1.54) is 31.4 Å². The molecule has 1 amide bonds. The minimum Gasteiger partial charge on any atom is -0.468 e. The number of benzene rings is 2. The Balaban J connectivity index is 2.24. The maximum atomic E-state index is 13.0. The zero-order valence-electron chi connectivity index (χ0n) is 14.6. The lowest BCUT2D eigenvalue weighted by Crippen LogP contribution is -2.41. The maximum absolute atomic E-state index is 13.0. The quantitative estimate of drug-likeness (QED) is 0.670. The fourth-order valence-electron chi connectivity index (χ4n) is 2.23. The zero-order chi connectivity index (χ0) is 19.9. The van der Waals surface area contributed by atoms with Crippen LogP contribution in [0.3, 0.4) is 0 Å². The molecule has 0 aliphatic rings. The first kappa shape index (κ1) is 20.9. The Kier molecular flexibility index (Phi) is 7.35. The van der Waals surface area contributed by atoms with Gasteiger partial charge in [0.1, 0.15) is 6.54 Å². The number of carbonyl (C=O) groups is 2. The highest BCUT2D eigenvalue weighted by molar-refractivity contribution is 7.89. The number of hydrogen-bond acceptors (Lipinski definition) is 5. The van der Waals surface area contributed by atoms with E-state index >= 15 is 0 Å². The van der Waals surface area contributed by atoms with Crippen LogP contribution in [0.4, 0.5) is 0 Å². The van der Waals surface area contributed by atoms with Crippen LogP contribution in [0, 0.1) is 0 Å². The van der Waals surface area contributed by atoms with E-state index in [9.17, 15) is 18.0 Å². The number of sulfonamides is 1. The van der Waals surface area contributed by atoms with Gasteiger partial charge in [-0.1, -0.05) is 41.9 Å². The summed E-state index contributed by atoms with van der Waals surface area (Å²) in [5.74, 6) is -1.24. The molecule has 0 saturated carbocycles. The molecule has 27 heavy (non-hydrogen) atoms. The molecule has 0 bridgehead atoms. The highest BCUT2D eigenvalue weighted by Gasteiger charge is 2.27. The summed E-state index contributed by atoms with van der Waals surface area (Å²) in [4.78, 5) is 23.3. The predicted molar refractivity (Wildman–Crippen MR) is 101 cm³/mol. The Morgan fingerprint density at radius 2 is 1.70 bits per heavy atom. The van der Waals surface area contributed by atoms with Crippen molar-refractivity contribution in [1.82, 2.24) is 9.62 Å². The van der Waals surface area contributed by atoms with Gasteiger partial charge in [-0.2, -0.15) is 4.31 Å². The molecular weight excluding hydrogens is 392 g/mol. The SMILES string of the molecule is COC(=O)CNC(=O)CN(Cc1ccccc1)S(=O)(=O)c1ccc(Cl)cc1. The third kappa shape index (κ3) is 6.06. The highest BCUT2D eigenvalue weighted by atomic mass is 35.5.